The minimum absolute atomic E-state index is 0. The van der Waals surface area contributed by atoms with Crippen molar-refractivity contribution in [3.63, 3.8) is 0 Å². The van der Waals surface area contributed by atoms with E-state index in [4.69, 9.17) is 0 Å². The maximum Gasteiger partial charge on any atom is 0.0991 e. The minimum atomic E-state index is -1.38. The van der Waals surface area contributed by atoms with Crippen molar-refractivity contribution in [1.82, 2.24) is 0 Å². The maximum atomic E-state index is 2.47. The summed E-state index contributed by atoms with van der Waals surface area (Å²) in [6, 6.07) is 23.5. The lowest BCUT2D eigenvalue weighted by molar-refractivity contribution is -0.0000105. The van der Waals surface area contributed by atoms with Crippen molar-refractivity contribution in [2.24, 2.45) is 0 Å². The van der Waals surface area contributed by atoms with Crippen molar-refractivity contribution < 1.29 is 24.0 Å². The molecule has 0 amide bonds. The lowest BCUT2D eigenvalue weighted by atomic mass is 10.0. The number of benzene rings is 2. The van der Waals surface area contributed by atoms with E-state index in [1.165, 1.54) is 218 Å². The van der Waals surface area contributed by atoms with Gasteiger partial charge >= 0.3 is 0 Å². The molecule has 0 fully saturated rings. The lowest BCUT2D eigenvalue weighted by Gasteiger charge is -2.28. The molecule has 2 rings (SSSR count). The zero-order valence-electron chi connectivity index (χ0n) is 33.6. The van der Waals surface area contributed by atoms with Crippen LogP contribution in [0.2, 0.25) is 0 Å². The summed E-state index contributed by atoms with van der Waals surface area (Å²) in [5.74, 6) is 0. The first-order chi connectivity index (χ1) is 24.3. The first-order valence-corrected chi connectivity index (χ1v) is 24.5. The Bertz CT molecular complexity index is 850. The van der Waals surface area contributed by atoms with Gasteiger partial charge in [-0.25, -0.2) is 0 Å². The Kier molecular flexibility index (Phi) is 33.9. The topological polar surface area (TPSA) is 0 Å². The molecule has 0 unspecified atom stereocenters. The molecule has 0 N–H and O–H groups in total. The van der Waals surface area contributed by atoms with Crippen LogP contribution in [0.25, 0.3) is 0 Å². The Morgan fingerprint density at radius 3 is 0.700 bits per heavy atom. The van der Waals surface area contributed by atoms with Crippen molar-refractivity contribution in [2.75, 3.05) is 12.3 Å². The van der Waals surface area contributed by atoms with Gasteiger partial charge in [-0.15, -0.1) is 0 Å². The van der Waals surface area contributed by atoms with Gasteiger partial charge in [0.05, 0.1) is 30.2 Å². The Balaban J connectivity index is 0.0000125. The molecule has 0 aliphatic heterocycles. The molecule has 0 bridgehead atoms. The van der Waals surface area contributed by atoms with E-state index in [2.05, 4.69) is 74.5 Å². The fourth-order valence-electron chi connectivity index (χ4n) is 8.06. The fraction of sp³-hybridized carbons (Fsp3) is 0.750. The maximum absolute atomic E-state index is 2.47. The van der Waals surface area contributed by atoms with E-state index in [1.54, 1.807) is 10.6 Å². The Hall–Kier alpha value is -0.400. The van der Waals surface area contributed by atoms with Gasteiger partial charge in [0.15, 0.2) is 0 Å². The van der Waals surface area contributed by atoms with E-state index in [-0.39, 0.29) is 24.0 Å². The van der Waals surface area contributed by atoms with Crippen molar-refractivity contribution in [3.8, 4) is 0 Å². The van der Waals surface area contributed by atoms with Crippen LogP contribution < -0.4 is 34.6 Å². The molecule has 2 aromatic carbocycles. The third-order valence-corrected chi connectivity index (χ3v) is 16.0. The van der Waals surface area contributed by atoms with Gasteiger partial charge in [0.1, 0.15) is 0 Å². The van der Waals surface area contributed by atoms with Crippen LogP contribution in [0.1, 0.15) is 219 Å². The Morgan fingerprint density at radius 2 is 0.480 bits per heavy atom. The van der Waals surface area contributed by atoms with Crippen molar-refractivity contribution in [3.05, 3.63) is 60.7 Å². The summed E-state index contributed by atoms with van der Waals surface area (Å²) >= 11 is 0. The first kappa shape index (κ1) is 47.6. The van der Waals surface area contributed by atoms with Gasteiger partial charge in [-0.2, -0.15) is 0 Å². The van der Waals surface area contributed by atoms with Gasteiger partial charge in [0.2, 0.25) is 0 Å². The summed E-state index contributed by atoms with van der Waals surface area (Å²) in [5, 5.41) is 3.31. The SMILES string of the molecule is CCCCCCCCCCCCCCCCCC[P+](CCCCCCCCCCCCCCCCCC)(c1ccccc1)c1ccccc1.[I-]. The number of halogens is 1. The summed E-state index contributed by atoms with van der Waals surface area (Å²) < 4.78 is 0. The van der Waals surface area contributed by atoms with E-state index >= 15 is 0 Å². The number of hydrogen-bond donors (Lipinski definition) is 0. The molecule has 0 spiro atoms. The highest BCUT2D eigenvalue weighted by atomic mass is 127. The molecule has 0 aromatic heterocycles. The van der Waals surface area contributed by atoms with Gasteiger partial charge in [0.25, 0.3) is 0 Å². The van der Waals surface area contributed by atoms with Gasteiger partial charge in [-0.05, 0) is 49.9 Å². The molecule has 0 aliphatic rings. The van der Waals surface area contributed by atoms with E-state index < -0.39 is 7.26 Å². The summed E-state index contributed by atoms with van der Waals surface area (Å²) in [6.07, 6.45) is 49.1. The number of unbranched alkanes of at least 4 members (excludes halogenated alkanes) is 30. The lowest BCUT2D eigenvalue weighted by Crippen LogP contribution is -3.00. The largest absolute Gasteiger partial charge is 1.00 e. The van der Waals surface area contributed by atoms with E-state index in [9.17, 15) is 0 Å². The summed E-state index contributed by atoms with van der Waals surface area (Å²) in [7, 11) is -1.38. The summed E-state index contributed by atoms with van der Waals surface area (Å²) in [6.45, 7) is 4.62. The normalized spacial score (nSPS) is 11.6. The number of rotatable bonds is 36. The van der Waals surface area contributed by atoms with Crippen LogP contribution in [0, 0.1) is 0 Å². The smallest absolute Gasteiger partial charge is 0.0991 e. The molecule has 50 heavy (non-hydrogen) atoms. The third kappa shape index (κ3) is 24.0. The molecule has 0 saturated carbocycles. The molecule has 288 valence electrons. The van der Waals surface area contributed by atoms with Gasteiger partial charge in [-0.1, -0.05) is 230 Å². The van der Waals surface area contributed by atoms with Crippen LogP contribution in [-0.4, -0.2) is 12.3 Å². The molecular weight excluding hydrogens is 734 g/mol. The Labute approximate surface area is 332 Å². The fourth-order valence-corrected chi connectivity index (χ4v) is 12.6. The highest BCUT2D eigenvalue weighted by molar-refractivity contribution is 7.89. The zero-order valence-corrected chi connectivity index (χ0v) is 36.7. The van der Waals surface area contributed by atoms with Gasteiger partial charge in [0, 0.05) is 0 Å². The molecule has 2 heteroatoms. The number of hydrogen-bond acceptors (Lipinski definition) is 0. The molecule has 0 nitrogen and oxygen atoms in total. The van der Waals surface area contributed by atoms with Crippen LogP contribution >= 0.6 is 7.26 Å². The van der Waals surface area contributed by atoms with E-state index in [0.29, 0.717) is 0 Å². The zero-order chi connectivity index (χ0) is 34.8. The second-order valence-electron chi connectivity index (χ2n) is 15.7. The monoisotopic (exact) mass is 819 g/mol. The van der Waals surface area contributed by atoms with Crippen LogP contribution in [0.3, 0.4) is 0 Å². The minimum Gasteiger partial charge on any atom is -1.00 e. The second-order valence-corrected chi connectivity index (χ2v) is 19.6. The predicted octanol–water partition coefficient (Wildman–Crippen LogP) is 13.2. The quantitative estimate of drug-likeness (QED) is 0.0365. The summed E-state index contributed by atoms with van der Waals surface area (Å²) in [5.41, 5.74) is 0. The third-order valence-electron chi connectivity index (χ3n) is 11.3. The molecule has 0 heterocycles. The van der Waals surface area contributed by atoms with Crippen LogP contribution in [-0.2, 0) is 0 Å². The van der Waals surface area contributed by atoms with Crippen LogP contribution in [0.4, 0.5) is 0 Å². The van der Waals surface area contributed by atoms with Gasteiger partial charge in [-0.3, -0.25) is 0 Å². The molecular formula is C48H84IP. The average Bonchev–Trinajstić information content (AvgIpc) is 3.14. The standard InChI is InChI=1S/C48H84P.HI/c1-3-5-7-9-11-13-15-17-19-21-23-25-27-29-31-39-45-49(47-41-35-33-36-42-47,48-43-37-34-38-44-48)46-40-32-30-28-26-24-22-20-18-16-14-12-10-8-6-4-2;/h33-38,41-44H,3-32,39-40,45-46H2,1-2H3;1H/q+1;/p-1. The second kappa shape index (κ2) is 35.6. The highest BCUT2D eigenvalue weighted by Crippen LogP contribution is 2.57. The van der Waals surface area contributed by atoms with Crippen molar-refractivity contribution in [1.29, 1.82) is 0 Å². The molecule has 0 aliphatic carbocycles. The van der Waals surface area contributed by atoms with Crippen LogP contribution in [0.5, 0.6) is 0 Å². The highest BCUT2D eigenvalue weighted by Gasteiger charge is 2.41. The molecule has 2 aromatic rings. The first-order valence-electron chi connectivity index (χ1n) is 22.3. The molecule has 0 atom stereocenters. The molecule has 0 saturated heterocycles. The van der Waals surface area contributed by atoms with Crippen LogP contribution in [0.15, 0.2) is 60.7 Å². The Morgan fingerprint density at radius 1 is 0.280 bits per heavy atom. The summed E-state index contributed by atoms with van der Waals surface area (Å²) in [4.78, 5) is 0. The molecule has 0 radical (unpaired) electrons. The van der Waals surface area contributed by atoms with Crippen molar-refractivity contribution in [2.45, 2.75) is 219 Å². The predicted molar refractivity (Wildman–Crippen MR) is 228 cm³/mol. The van der Waals surface area contributed by atoms with Gasteiger partial charge < -0.3 is 24.0 Å². The average molecular weight is 819 g/mol. The van der Waals surface area contributed by atoms with E-state index in [0.717, 1.165) is 0 Å². The van der Waals surface area contributed by atoms with E-state index in [1.807, 2.05) is 0 Å². The van der Waals surface area contributed by atoms with Crippen molar-refractivity contribution >= 4 is 17.9 Å².